The summed E-state index contributed by atoms with van der Waals surface area (Å²) in [4.78, 5) is 8.33. The summed E-state index contributed by atoms with van der Waals surface area (Å²) in [5.41, 5.74) is 0. The minimum atomic E-state index is -0.110. The second-order valence-corrected chi connectivity index (χ2v) is 4.91. The molecule has 0 spiro atoms. The maximum atomic E-state index is 9.49. The van der Waals surface area contributed by atoms with Crippen molar-refractivity contribution in [1.29, 1.82) is 0 Å². The molecule has 0 unspecified atom stereocenters. The second kappa shape index (κ2) is 6.56. The molecule has 0 aliphatic heterocycles. The van der Waals surface area contributed by atoms with Crippen LogP contribution in [-0.4, -0.2) is 41.9 Å². The van der Waals surface area contributed by atoms with Crippen molar-refractivity contribution in [1.82, 2.24) is 9.97 Å². The summed E-state index contributed by atoms with van der Waals surface area (Å²) in [7, 11) is 3.42. The Kier molecular flexibility index (Phi) is 4.79. The predicted molar refractivity (Wildman–Crippen MR) is 74.6 cm³/mol. The molecule has 0 radical (unpaired) electrons. The summed E-state index contributed by atoms with van der Waals surface area (Å²) in [6, 6.07) is 0. The summed E-state index contributed by atoms with van der Waals surface area (Å²) in [6.45, 7) is 0.850. The number of nitrogens with one attached hydrogen (secondary N) is 2. The molecule has 3 N–H and O–H groups in total. The van der Waals surface area contributed by atoms with Gasteiger partial charge in [-0.15, -0.1) is 0 Å². The van der Waals surface area contributed by atoms with Crippen molar-refractivity contribution in [3.05, 3.63) is 6.33 Å². The van der Waals surface area contributed by atoms with Crippen LogP contribution in [0, 0.1) is 5.92 Å². The topological polar surface area (TPSA) is 79.3 Å². The number of rotatable bonds is 5. The lowest BCUT2D eigenvalue weighted by molar-refractivity contribution is 0.111. The van der Waals surface area contributed by atoms with Crippen molar-refractivity contribution in [3.8, 4) is 5.75 Å². The molecule has 1 aliphatic rings. The third-order valence-electron chi connectivity index (χ3n) is 3.62. The maximum absolute atomic E-state index is 9.49. The first-order valence-electron chi connectivity index (χ1n) is 6.73. The number of aromatic nitrogens is 2. The van der Waals surface area contributed by atoms with Gasteiger partial charge in [0.2, 0.25) is 5.75 Å². The van der Waals surface area contributed by atoms with Crippen LogP contribution in [0.1, 0.15) is 25.7 Å². The molecule has 1 aromatic heterocycles. The standard InChI is InChI=1S/C13H22N4O2/c1-14-12-11(19-2)13(17-8-16-12)15-7-9-3-5-10(18)6-4-9/h8-10,18H,3-7H2,1-2H3,(H2,14,15,16,17). The lowest BCUT2D eigenvalue weighted by Crippen LogP contribution is -2.24. The average Bonchev–Trinajstić information content (AvgIpc) is 2.46. The molecule has 1 heterocycles. The SMILES string of the molecule is CNc1ncnc(NCC2CCC(O)CC2)c1OC. The van der Waals surface area contributed by atoms with Gasteiger partial charge in [-0.05, 0) is 31.6 Å². The molecule has 0 saturated heterocycles. The van der Waals surface area contributed by atoms with Crippen LogP contribution < -0.4 is 15.4 Å². The summed E-state index contributed by atoms with van der Waals surface area (Å²) < 4.78 is 5.33. The third kappa shape index (κ3) is 3.47. The Morgan fingerprint density at radius 2 is 1.95 bits per heavy atom. The van der Waals surface area contributed by atoms with E-state index in [9.17, 15) is 5.11 Å². The summed E-state index contributed by atoms with van der Waals surface area (Å²) >= 11 is 0. The highest BCUT2D eigenvalue weighted by molar-refractivity contribution is 5.63. The van der Waals surface area contributed by atoms with Crippen molar-refractivity contribution in [2.24, 2.45) is 5.92 Å². The lowest BCUT2D eigenvalue weighted by Gasteiger charge is -2.25. The summed E-state index contributed by atoms with van der Waals surface area (Å²) in [5, 5.41) is 15.8. The zero-order chi connectivity index (χ0) is 13.7. The van der Waals surface area contributed by atoms with Crippen molar-refractivity contribution >= 4 is 11.6 Å². The van der Waals surface area contributed by atoms with Gasteiger partial charge in [-0.1, -0.05) is 0 Å². The van der Waals surface area contributed by atoms with Crippen LogP contribution in [0.4, 0.5) is 11.6 Å². The zero-order valence-corrected chi connectivity index (χ0v) is 11.5. The smallest absolute Gasteiger partial charge is 0.204 e. The highest BCUT2D eigenvalue weighted by Gasteiger charge is 2.20. The van der Waals surface area contributed by atoms with Crippen molar-refractivity contribution in [3.63, 3.8) is 0 Å². The quantitative estimate of drug-likeness (QED) is 0.749. The molecule has 19 heavy (non-hydrogen) atoms. The van der Waals surface area contributed by atoms with E-state index in [0.717, 1.165) is 32.2 Å². The van der Waals surface area contributed by atoms with Gasteiger partial charge >= 0.3 is 0 Å². The molecule has 106 valence electrons. The predicted octanol–water partition coefficient (Wildman–Crippen LogP) is 1.49. The number of hydrogen-bond acceptors (Lipinski definition) is 6. The van der Waals surface area contributed by atoms with Crippen LogP contribution >= 0.6 is 0 Å². The molecule has 0 bridgehead atoms. The fourth-order valence-corrected chi connectivity index (χ4v) is 2.46. The van der Waals surface area contributed by atoms with Crippen molar-refractivity contribution in [2.75, 3.05) is 31.3 Å². The molecule has 2 rings (SSSR count). The zero-order valence-electron chi connectivity index (χ0n) is 11.5. The van der Waals surface area contributed by atoms with Crippen molar-refractivity contribution < 1.29 is 9.84 Å². The summed E-state index contributed by atoms with van der Waals surface area (Å²) in [6.07, 6.45) is 5.31. The first-order valence-corrected chi connectivity index (χ1v) is 6.73. The van der Waals surface area contributed by atoms with Gasteiger partial charge in [0.25, 0.3) is 0 Å². The molecule has 6 nitrogen and oxygen atoms in total. The first kappa shape index (κ1) is 13.9. The van der Waals surface area contributed by atoms with Gasteiger partial charge in [-0.2, -0.15) is 0 Å². The molecule has 0 amide bonds. The maximum Gasteiger partial charge on any atom is 0.204 e. The number of nitrogens with zero attached hydrogens (tertiary/aromatic N) is 2. The van der Waals surface area contributed by atoms with Gasteiger partial charge in [-0.3, -0.25) is 0 Å². The third-order valence-corrected chi connectivity index (χ3v) is 3.62. The number of methoxy groups -OCH3 is 1. The number of hydrogen-bond donors (Lipinski definition) is 3. The Morgan fingerprint density at radius 1 is 1.26 bits per heavy atom. The molecule has 0 aromatic carbocycles. The molecule has 1 saturated carbocycles. The Labute approximate surface area is 113 Å². The molecular formula is C13H22N4O2. The molecule has 0 atom stereocenters. The van der Waals surface area contributed by atoms with Gasteiger partial charge < -0.3 is 20.5 Å². The second-order valence-electron chi connectivity index (χ2n) is 4.91. The number of anilines is 2. The first-order chi connectivity index (χ1) is 9.24. The molecule has 1 aromatic rings. The van der Waals surface area contributed by atoms with E-state index in [4.69, 9.17) is 4.74 Å². The van der Waals surface area contributed by atoms with E-state index in [1.165, 1.54) is 6.33 Å². The van der Waals surface area contributed by atoms with Gasteiger partial charge in [0, 0.05) is 13.6 Å². The molecule has 1 aliphatic carbocycles. The van der Waals surface area contributed by atoms with Gasteiger partial charge in [-0.25, -0.2) is 9.97 Å². The normalized spacial score (nSPS) is 22.9. The average molecular weight is 266 g/mol. The van der Waals surface area contributed by atoms with Crippen LogP contribution in [0.25, 0.3) is 0 Å². The minimum absolute atomic E-state index is 0.110. The highest BCUT2D eigenvalue weighted by Crippen LogP contribution is 2.30. The van der Waals surface area contributed by atoms with E-state index in [0.29, 0.717) is 23.3 Å². The fourth-order valence-electron chi connectivity index (χ4n) is 2.46. The van der Waals surface area contributed by atoms with Gasteiger partial charge in [0.05, 0.1) is 13.2 Å². The van der Waals surface area contributed by atoms with Gasteiger partial charge in [0.1, 0.15) is 6.33 Å². The Bertz CT molecular complexity index is 406. The molecular weight excluding hydrogens is 244 g/mol. The fraction of sp³-hybridized carbons (Fsp3) is 0.692. The minimum Gasteiger partial charge on any atom is -0.490 e. The van der Waals surface area contributed by atoms with E-state index in [1.807, 2.05) is 0 Å². The van der Waals surface area contributed by atoms with Gasteiger partial charge in [0.15, 0.2) is 11.6 Å². The summed E-state index contributed by atoms with van der Waals surface area (Å²) in [5.74, 6) is 2.62. The largest absolute Gasteiger partial charge is 0.490 e. The van der Waals surface area contributed by atoms with E-state index >= 15 is 0 Å². The van der Waals surface area contributed by atoms with Crippen LogP contribution in [0.3, 0.4) is 0 Å². The Hall–Kier alpha value is -1.56. The van der Waals surface area contributed by atoms with Crippen molar-refractivity contribution in [2.45, 2.75) is 31.8 Å². The van der Waals surface area contributed by atoms with E-state index < -0.39 is 0 Å². The van der Waals surface area contributed by atoms with Crippen LogP contribution in [0.15, 0.2) is 6.33 Å². The lowest BCUT2D eigenvalue weighted by atomic mass is 9.87. The monoisotopic (exact) mass is 266 g/mol. The van der Waals surface area contributed by atoms with Crippen LogP contribution in [-0.2, 0) is 0 Å². The van der Waals surface area contributed by atoms with E-state index in [-0.39, 0.29) is 6.10 Å². The number of aliphatic hydroxyl groups excluding tert-OH is 1. The van der Waals surface area contributed by atoms with E-state index in [1.54, 1.807) is 14.2 Å². The number of aliphatic hydroxyl groups is 1. The number of ether oxygens (including phenoxy) is 1. The molecule has 6 heteroatoms. The van der Waals surface area contributed by atoms with Crippen LogP contribution in [0.5, 0.6) is 5.75 Å². The Morgan fingerprint density at radius 3 is 2.58 bits per heavy atom. The van der Waals surface area contributed by atoms with Crippen LogP contribution in [0.2, 0.25) is 0 Å². The van der Waals surface area contributed by atoms with E-state index in [2.05, 4.69) is 20.6 Å². The Balaban J connectivity index is 1.95. The highest BCUT2D eigenvalue weighted by atomic mass is 16.5. The molecule has 1 fully saturated rings.